The minimum absolute atomic E-state index is 0.461. The molecule has 1 unspecified atom stereocenters. The molecule has 0 bridgehead atoms. The number of hydrogen-bond acceptors (Lipinski definition) is 4. The van der Waals surface area contributed by atoms with Gasteiger partial charge in [-0.1, -0.05) is 0 Å². The van der Waals surface area contributed by atoms with Gasteiger partial charge in [-0.25, -0.2) is 0 Å². The largest absolute Gasteiger partial charge is 0.383 e. The molecular weight excluding hydrogens is 216 g/mol. The van der Waals surface area contributed by atoms with Crippen LogP contribution in [0.4, 0.5) is 0 Å². The first-order valence-electron chi connectivity index (χ1n) is 6.95. The average Bonchev–Trinajstić information content (AvgIpc) is 3.05. The van der Waals surface area contributed by atoms with Crippen molar-refractivity contribution < 1.29 is 9.47 Å². The normalized spacial score (nSPS) is 24.7. The Kier molecular flexibility index (Phi) is 5.71. The van der Waals surface area contributed by atoms with Crippen LogP contribution >= 0.6 is 0 Å². The van der Waals surface area contributed by atoms with Gasteiger partial charge in [-0.2, -0.15) is 0 Å². The molecule has 1 heterocycles. The van der Waals surface area contributed by atoms with Crippen molar-refractivity contribution in [1.29, 1.82) is 0 Å². The fourth-order valence-corrected chi connectivity index (χ4v) is 2.42. The third-order valence-corrected chi connectivity index (χ3v) is 3.62. The van der Waals surface area contributed by atoms with Crippen LogP contribution in [0.25, 0.3) is 0 Å². The second kappa shape index (κ2) is 7.31. The van der Waals surface area contributed by atoms with E-state index < -0.39 is 0 Å². The molecule has 17 heavy (non-hydrogen) atoms. The van der Waals surface area contributed by atoms with Gasteiger partial charge in [0.05, 0.1) is 12.7 Å². The topological polar surface area (TPSA) is 33.7 Å². The minimum Gasteiger partial charge on any atom is -0.383 e. The number of nitrogens with zero attached hydrogens (tertiary/aromatic N) is 1. The van der Waals surface area contributed by atoms with E-state index in [4.69, 9.17) is 9.47 Å². The van der Waals surface area contributed by atoms with Crippen molar-refractivity contribution in [3.63, 3.8) is 0 Å². The van der Waals surface area contributed by atoms with Crippen LogP contribution < -0.4 is 5.32 Å². The Morgan fingerprint density at radius 3 is 2.82 bits per heavy atom. The van der Waals surface area contributed by atoms with Crippen LogP contribution in [0.5, 0.6) is 0 Å². The molecular formula is C13H26N2O2. The maximum absolute atomic E-state index is 5.59. The zero-order valence-electron chi connectivity index (χ0n) is 11.0. The highest BCUT2D eigenvalue weighted by Gasteiger charge is 2.28. The lowest BCUT2D eigenvalue weighted by Gasteiger charge is -2.22. The lowest BCUT2D eigenvalue weighted by atomic mass is 10.2. The molecule has 0 spiro atoms. The van der Waals surface area contributed by atoms with E-state index >= 15 is 0 Å². The summed E-state index contributed by atoms with van der Waals surface area (Å²) in [5.74, 6) is 0. The van der Waals surface area contributed by atoms with Gasteiger partial charge in [-0.05, 0) is 25.7 Å². The zero-order chi connectivity index (χ0) is 11.9. The van der Waals surface area contributed by atoms with E-state index in [2.05, 4.69) is 10.2 Å². The predicted octanol–water partition coefficient (Wildman–Crippen LogP) is 0.866. The van der Waals surface area contributed by atoms with Gasteiger partial charge < -0.3 is 14.8 Å². The Balaban J connectivity index is 1.52. The standard InChI is InChI=1S/C13H26N2O2/c1-16-10-8-15(12-4-5-12)7-6-14-11-13-3-2-9-17-13/h12-14H,2-11H2,1H3. The maximum Gasteiger partial charge on any atom is 0.0700 e. The summed E-state index contributed by atoms with van der Waals surface area (Å²) < 4.78 is 10.7. The Labute approximate surface area is 105 Å². The first-order chi connectivity index (χ1) is 8.40. The zero-order valence-corrected chi connectivity index (χ0v) is 11.0. The second-order valence-corrected chi connectivity index (χ2v) is 5.10. The molecule has 2 fully saturated rings. The van der Waals surface area contributed by atoms with E-state index in [9.17, 15) is 0 Å². The number of hydrogen-bond donors (Lipinski definition) is 1. The molecule has 0 amide bonds. The monoisotopic (exact) mass is 242 g/mol. The molecule has 2 rings (SSSR count). The van der Waals surface area contributed by atoms with Crippen molar-refractivity contribution in [2.75, 3.05) is 46.5 Å². The molecule has 1 saturated heterocycles. The van der Waals surface area contributed by atoms with E-state index in [0.29, 0.717) is 6.10 Å². The van der Waals surface area contributed by atoms with Crippen molar-refractivity contribution in [2.45, 2.75) is 37.8 Å². The number of ether oxygens (including phenoxy) is 2. The highest BCUT2D eigenvalue weighted by Crippen LogP contribution is 2.25. The van der Waals surface area contributed by atoms with Crippen molar-refractivity contribution in [3.05, 3.63) is 0 Å². The van der Waals surface area contributed by atoms with Crippen molar-refractivity contribution in [3.8, 4) is 0 Å². The Morgan fingerprint density at radius 2 is 2.18 bits per heavy atom. The maximum atomic E-state index is 5.59. The van der Waals surface area contributed by atoms with Crippen LogP contribution in [0.15, 0.2) is 0 Å². The summed E-state index contributed by atoms with van der Waals surface area (Å²) in [5.41, 5.74) is 0. The third-order valence-electron chi connectivity index (χ3n) is 3.62. The van der Waals surface area contributed by atoms with E-state index in [0.717, 1.165) is 45.4 Å². The number of methoxy groups -OCH3 is 1. The molecule has 1 N–H and O–H groups in total. The average molecular weight is 242 g/mol. The molecule has 0 aromatic heterocycles. The van der Waals surface area contributed by atoms with E-state index in [1.807, 2.05) is 0 Å². The van der Waals surface area contributed by atoms with Gasteiger partial charge in [0, 0.05) is 45.9 Å². The minimum atomic E-state index is 0.461. The van der Waals surface area contributed by atoms with E-state index in [1.54, 1.807) is 7.11 Å². The Morgan fingerprint density at radius 1 is 1.29 bits per heavy atom. The molecule has 1 saturated carbocycles. The van der Waals surface area contributed by atoms with Crippen molar-refractivity contribution >= 4 is 0 Å². The molecule has 1 aliphatic heterocycles. The molecule has 4 nitrogen and oxygen atoms in total. The highest BCUT2D eigenvalue weighted by molar-refractivity contribution is 4.84. The lowest BCUT2D eigenvalue weighted by molar-refractivity contribution is 0.108. The summed E-state index contributed by atoms with van der Waals surface area (Å²) in [4.78, 5) is 2.55. The van der Waals surface area contributed by atoms with Gasteiger partial charge in [-0.15, -0.1) is 0 Å². The molecule has 0 aromatic carbocycles. The molecule has 0 aromatic rings. The van der Waals surface area contributed by atoms with Gasteiger partial charge in [0.2, 0.25) is 0 Å². The fourth-order valence-electron chi connectivity index (χ4n) is 2.42. The van der Waals surface area contributed by atoms with E-state index in [1.165, 1.54) is 25.7 Å². The van der Waals surface area contributed by atoms with Gasteiger partial charge in [0.1, 0.15) is 0 Å². The van der Waals surface area contributed by atoms with E-state index in [-0.39, 0.29) is 0 Å². The molecule has 4 heteroatoms. The lowest BCUT2D eigenvalue weighted by Crippen LogP contribution is -2.38. The number of nitrogens with one attached hydrogen (secondary N) is 1. The summed E-state index contributed by atoms with van der Waals surface area (Å²) in [6.07, 6.45) is 5.66. The van der Waals surface area contributed by atoms with Crippen LogP contribution in [0.3, 0.4) is 0 Å². The highest BCUT2D eigenvalue weighted by atomic mass is 16.5. The molecule has 1 atom stereocenters. The molecule has 100 valence electrons. The molecule has 2 aliphatic rings. The van der Waals surface area contributed by atoms with Gasteiger partial charge in [0.25, 0.3) is 0 Å². The van der Waals surface area contributed by atoms with Crippen molar-refractivity contribution in [1.82, 2.24) is 10.2 Å². The van der Waals surface area contributed by atoms with Crippen LogP contribution in [0.2, 0.25) is 0 Å². The first-order valence-corrected chi connectivity index (χ1v) is 6.95. The number of rotatable bonds is 9. The van der Waals surface area contributed by atoms with Crippen molar-refractivity contribution in [2.24, 2.45) is 0 Å². The van der Waals surface area contributed by atoms with Crippen LogP contribution in [-0.4, -0.2) is 63.5 Å². The second-order valence-electron chi connectivity index (χ2n) is 5.10. The summed E-state index contributed by atoms with van der Waals surface area (Å²) in [7, 11) is 1.78. The quantitative estimate of drug-likeness (QED) is 0.608. The fraction of sp³-hybridized carbons (Fsp3) is 1.00. The first kappa shape index (κ1) is 13.3. The van der Waals surface area contributed by atoms with Gasteiger partial charge in [0.15, 0.2) is 0 Å². The van der Waals surface area contributed by atoms with Crippen LogP contribution in [0.1, 0.15) is 25.7 Å². The van der Waals surface area contributed by atoms with Gasteiger partial charge in [-0.3, -0.25) is 4.90 Å². The van der Waals surface area contributed by atoms with Gasteiger partial charge >= 0.3 is 0 Å². The van der Waals surface area contributed by atoms with Crippen LogP contribution in [0, 0.1) is 0 Å². The summed E-state index contributed by atoms with van der Waals surface area (Å²) in [6, 6.07) is 0.828. The predicted molar refractivity (Wildman–Crippen MR) is 68.3 cm³/mol. The molecule has 1 aliphatic carbocycles. The third kappa shape index (κ3) is 4.92. The SMILES string of the molecule is COCCN(CCNCC1CCCO1)C1CC1. The summed E-state index contributed by atoms with van der Waals surface area (Å²) in [6.45, 7) is 6.10. The summed E-state index contributed by atoms with van der Waals surface area (Å²) in [5, 5.41) is 3.51. The Bertz CT molecular complexity index is 204. The summed E-state index contributed by atoms with van der Waals surface area (Å²) >= 11 is 0. The Hall–Kier alpha value is -0.160. The smallest absolute Gasteiger partial charge is 0.0700 e. The molecule has 0 radical (unpaired) electrons. The van der Waals surface area contributed by atoms with Crippen LogP contribution in [-0.2, 0) is 9.47 Å².